The van der Waals surface area contributed by atoms with Gasteiger partial charge in [0.25, 0.3) is 0 Å². The highest BCUT2D eigenvalue weighted by molar-refractivity contribution is 5.67. The summed E-state index contributed by atoms with van der Waals surface area (Å²) in [5.41, 5.74) is -0.137. The first-order chi connectivity index (χ1) is 11.2. The van der Waals surface area contributed by atoms with Crippen LogP contribution in [0.1, 0.15) is 38.9 Å². The Hall–Kier alpha value is -1.99. The Morgan fingerprint density at radius 1 is 1.21 bits per heavy atom. The summed E-state index contributed by atoms with van der Waals surface area (Å²) >= 11 is 0. The minimum absolute atomic E-state index is 0.162. The molecule has 0 fully saturated rings. The van der Waals surface area contributed by atoms with E-state index in [2.05, 4.69) is 5.32 Å². The lowest BCUT2D eigenvalue weighted by molar-refractivity contribution is 0.0110. The van der Waals surface area contributed by atoms with Crippen LogP contribution in [0.2, 0.25) is 0 Å². The van der Waals surface area contributed by atoms with Crippen molar-refractivity contribution in [1.82, 2.24) is 5.32 Å². The van der Waals surface area contributed by atoms with Crippen molar-refractivity contribution >= 4 is 6.09 Å². The average molecular weight is 341 g/mol. The third-order valence-electron chi connectivity index (χ3n) is 3.23. The lowest BCUT2D eigenvalue weighted by Gasteiger charge is -2.22. The highest BCUT2D eigenvalue weighted by atomic mass is 16.6. The van der Waals surface area contributed by atoms with E-state index in [-0.39, 0.29) is 13.0 Å². The molecule has 0 bridgehead atoms. The normalized spacial score (nSPS) is 13.8. The molecular weight excluding hydrogens is 314 g/mol. The summed E-state index contributed by atoms with van der Waals surface area (Å²) in [6, 6.07) is 4.93. The maximum Gasteiger partial charge on any atom is 0.407 e. The van der Waals surface area contributed by atoms with Gasteiger partial charge in [-0.05, 0) is 39.3 Å². The van der Waals surface area contributed by atoms with Crippen molar-refractivity contribution in [2.75, 3.05) is 20.8 Å². The van der Waals surface area contributed by atoms with Crippen molar-refractivity contribution in [1.29, 1.82) is 0 Å². The highest BCUT2D eigenvalue weighted by Gasteiger charge is 2.23. The second kappa shape index (κ2) is 8.75. The van der Waals surface area contributed by atoms with E-state index in [9.17, 15) is 15.0 Å². The molecule has 0 aliphatic rings. The number of nitrogens with one attached hydrogen (secondary N) is 1. The van der Waals surface area contributed by atoms with Crippen LogP contribution in [0.4, 0.5) is 4.79 Å². The van der Waals surface area contributed by atoms with Crippen LogP contribution in [-0.2, 0) is 4.74 Å². The van der Waals surface area contributed by atoms with E-state index in [4.69, 9.17) is 14.2 Å². The Bertz CT molecular complexity index is 540. The first-order valence-corrected chi connectivity index (χ1v) is 7.73. The Morgan fingerprint density at radius 2 is 1.88 bits per heavy atom. The quantitative estimate of drug-likeness (QED) is 0.702. The van der Waals surface area contributed by atoms with E-state index in [0.717, 1.165) is 0 Å². The smallest absolute Gasteiger partial charge is 0.407 e. The van der Waals surface area contributed by atoms with Gasteiger partial charge >= 0.3 is 6.09 Å². The zero-order valence-electron chi connectivity index (χ0n) is 14.8. The minimum Gasteiger partial charge on any atom is -0.497 e. The molecule has 3 N–H and O–H groups in total. The molecule has 0 heterocycles. The second-order valence-corrected chi connectivity index (χ2v) is 6.34. The number of hydrogen-bond donors (Lipinski definition) is 3. The van der Waals surface area contributed by atoms with Crippen LogP contribution in [0, 0.1) is 0 Å². The standard InChI is InChI=1S/C17H27NO6/c1-17(2,3)24-16(21)18-9-8-13(19)15(20)12-7-6-11(22-4)10-14(12)23-5/h6-7,10,13,15,19-20H,8-9H2,1-5H3,(H,18,21). The average Bonchev–Trinajstić information content (AvgIpc) is 2.51. The van der Waals surface area contributed by atoms with Crippen molar-refractivity contribution in [2.45, 2.75) is 45.0 Å². The van der Waals surface area contributed by atoms with Crippen LogP contribution < -0.4 is 14.8 Å². The van der Waals surface area contributed by atoms with Crippen LogP contribution in [-0.4, -0.2) is 48.8 Å². The number of aliphatic hydroxyl groups excluding tert-OH is 2. The topological polar surface area (TPSA) is 97.2 Å². The molecule has 136 valence electrons. The number of rotatable bonds is 7. The molecular formula is C17H27NO6. The van der Waals surface area contributed by atoms with Crippen LogP contribution in [0.3, 0.4) is 0 Å². The molecule has 0 saturated carbocycles. The molecule has 1 aromatic carbocycles. The fraction of sp³-hybridized carbons (Fsp3) is 0.588. The Kier molecular flexibility index (Phi) is 7.31. The number of carbonyl (C=O) groups is 1. The maximum absolute atomic E-state index is 11.5. The predicted molar refractivity (Wildman–Crippen MR) is 89.4 cm³/mol. The predicted octanol–water partition coefficient (Wildman–Crippen LogP) is 2.01. The molecule has 7 nitrogen and oxygen atoms in total. The zero-order valence-corrected chi connectivity index (χ0v) is 14.8. The molecule has 7 heteroatoms. The first kappa shape index (κ1) is 20.1. The van der Waals surface area contributed by atoms with Crippen molar-refractivity contribution < 1.29 is 29.2 Å². The summed E-state index contributed by atoms with van der Waals surface area (Å²) in [5, 5.41) is 23.0. The first-order valence-electron chi connectivity index (χ1n) is 7.73. The number of aliphatic hydroxyl groups is 2. The van der Waals surface area contributed by atoms with Gasteiger partial charge in [0, 0.05) is 18.2 Å². The zero-order chi connectivity index (χ0) is 18.3. The summed E-state index contributed by atoms with van der Waals surface area (Å²) in [6.45, 7) is 5.47. The van der Waals surface area contributed by atoms with Gasteiger partial charge in [0.2, 0.25) is 0 Å². The third kappa shape index (κ3) is 6.25. The number of carbonyl (C=O) groups excluding carboxylic acids is 1. The number of methoxy groups -OCH3 is 2. The highest BCUT2D eigenvalue weighted by Crippen LogP contribution is 2.31. The number of hydrogen-bond acceptors (Lipinski definition) is 6. The van der Waals surface area contributed by atoms with Gasteiger partial charge in [-0.3, -0.25) is 0 Å². The van der Waals surface area contributed by atoms with Gasteiger partial charge in [-0.2, -0.15) is 0 Å². The lowest BCUT2D eigenvalue weighted by Crippen LogP contribution is -2.34. The van der Waals surface area contributed by atoms with Gasteiger partial charge in [0.1, 0.15) is 23.2 Å². The van der Waals surface area contributed by atoms with E-state index < -0.39 is 23.9 Å². The molecule has 0 saturated heterocycles. The molecule has 0 radical (unpaired) electrons. The Morgan fingerprint density at radius 3 is 2.42 bits per heavy atom. The van der Waals surface area contributed by atoms with Gasteiger partial charge in [-0.25, -0.2) is 4.79 Å². The largest absolute Gasteiger partial charge is 0.497 e. The van der Waals surface area contributed by atoms with E-state index in [1.54, 1.807) is 39.0 Å². The van der Waals surface area contributed by atoms with Crippen molar-refractivity contribution in [3.8, 4) is 11.5 Å². The van der Waals surface area contributed by atoms with Crippen LogP contribution in [0.5, 0.6) is 11.5 Å². The molecule has 0 aliphatic carbocycles. The monoisotopic (exact) mass is 341 g/mol. The third-order valence-corrected chi connectivity index (χ3v) is 3.23. The molecule has 1 aromatic rings. The Balaban J connectivity index is 2.59. The molecule has 2 atom stereocenters. The summed E-state index contributed by atoms with van der Waals surface area (Å²) in [7, 11) is 3.00. The van der Waals surface area contributed by atoms with Gasteiger partial charge in [0.15, 0.2) is 0 Å². The van der Waals surface area contributed by atoms with Crippen molar-refractivity contribution in [3.63, 3.8) is 0 Å². The number of ether oxygens (including phenoxy) is 3. The molecule has 1 rings (SSSR count). The minimum atomic E-state index is -1.15. The van der Waals surface area contributed by atoms with E-state index in [1.807, 2.05) is 0 Å². The summed E-state index contributed by atoms with van der Waals surface area (Å²) in [5.74, 6) is 1.00. The summed E-state index contributed by atoms with van der Waals surface area (Å²) in [4.78, 5) is 11.5. The SMILES string of the molecule is COc1ccc(C(O)C(O)CCNC(=O)OC(C)(C)C)c(OC)c1. The molecule has 0 spiro atoms. The number of amides is 1. The van der Waals surface area contributed by atoms with Crippen LogP contribution in [0.25, 0.3) is 0 Å². The molecule has 0 aliphatic heterocycles. The lowest BCUT2D eigenvalue weighted by atomic mass is 10.0. The Labute approximate surface area is 142 Å². The summed E-state index contributed by atoms with van der Waals surface area (Å²) in [6.07, 6.45) is -2.62. The fourth-order valence-corrected chi connectivity index (χ4v) is 2.06. The van der Waals surface area contributed by atoms with Gasteiger partial charge < -0.3 is 29.7 Å². The van der Waals surface area contributed by atoms with Crippen molar-refractivity contribution in [3.05, 3.63) is 23.8 Å². The maximum atomic E-state index is 11.5. The molecule has 1 amide bonds. The van der Waals surface area contributed by atoms with Gasteiger partial charge in [-0.1, -0.05) is 0 Å². The number of benzene rings is 1. The van der Waals surface area contributed by atoms with E-state index in [0.29, 0.717) is 17.1 Å². The van der Waals surface area contributed by atoms with Crippen molar-refractivity contribution in [2.24, 2.45) is 0 Å². The molecule has 24 heavy (non-hydrogen) atoms. The van der Waals surface area contributed by atoms with Crippen LogP contribution in [0.15, 0.2) is 18.2 Å². The van der Waals surface area contributed by atoms with Gasteiger partial charge in [-0.15, -0.1) is 0 Å². The van der Waals surface area contributed by atoms with E-state index >= 15 is 0 Å². The van der Waals surface area contributed by atoms with Gasteiger partial charge in [0.05, 0.1) is 20.3 Å². The molecule has 2 unspecified atom stereocenters. The second-order valence-electron chi connectivity index (χ2n) is 6.34. The fourth-order valence-electron chi connectivity index (χ4n) is 2.06. The molecule has 0 aromatic heterocycles. The van der Waals surface area contributed by atoms with E-state index in [1.165, 1.54) is 14.2 Å². The number of alkyl carbamates (subject to hydrolysis) is 1. The summed E-state index contributed by atoms with van der Waals surface area (Å²) < 4.78 is 15.4. The van der Waals surface area contributed by atoms with Crippen LogP contribution >= 0.6 is 0 Å².